The largest absolute Gasteiger partial charge is 0.479 e. The van der Waals surface area contributed by atoms with Crippen molar-refractivity contribution >= 4 is 25.3 Å². The lowest BCUT2D eigenvalue weighted by Crippen LogP contribution is -2.45. The topological polar surface area (TPSA) is 93.1 Å². The average Bonchev–Trinajstić information content (AvgIpc) is 2.89. The number of carboxylic acid groups (broad SMARTS) is 1. The second-order valence-electron chi connectivity index (χ2n) is 9.82. The van der Waals surface area contributed by atoms with Gasteiger partial charge in [0.15, 0.2) is 0 Å². The summed E-state index contributed by atoms with van der Waals surface area (Å²) >= 11 is 1.37. The molecule has 2 N–H and O–H groups in total. The van der Waals surface area contributed by atoms with E-state index in [0.717, 1.165) is 63.5 Å². The first-order chi connectivity index (χ1) is 17.9. The molecule has 0 aromatic heterocycles. The Morgan fingerprint density at radius 1 is 0.838 bits per heavy atom. The lowest BCUT2D eigenvalue weighted by Gasteiger charge is -2.32. The highest BCUT2D eigenvalue weighted by Gasteiger charge is 2.57. The monoisotopic (exact) mass is 558 g/mol. The van der Waals surface area contributed by atoms with Gasteiger partial charge in [-0.15, -0.1) is 0 Å². The van der Waals surface area contributed by atoms with Crippen molar-refractivity contribution in [2.45, 2.75) is 116 Å². The molecular formula is C29H51O6PS. The van der Waals surface area contributed by atoms with Gasteiger partial charge in [-0.3, -0.25) is 4.57 Å². The number of unbranched alkanes of at least 4 members (excludes halogenated alkanes) is 11. The number of ether oxygens (including phenoxy) is 1. The molecule has 6 nitrogen and oxygen atoms in total. The maximum atomic E-state index is 13.1. The predicted octanol–water partition coefficient (Wildman–Crippen LogP) is 8.46. The number of benzene rings is 1. The number of rotatable bonds is 25. The summed E-state index contributed by atoms with van der Waals surface area (Å²) in [5.41, 5.74) is 1.37. The number of aliphatic carboxylic acids is 1. The first kappa shape index (κ1) is 34.2. The fourth-order valence-electron chi connectivity index (χ4n) is 4.16. The van der Waals surface area contributed by atoms with Crippen molar-refractivity contribution in [1.29, 1.82) is 0 Å². The Kier molecular flexibility index (Phi) is 19.4. The van der Waals surface area contributed by atoms with Gasteiger partial charge in [0, 0.05) is 12.4 Å². The van der Waals surface area contributed by atoms with Crippen LogP contribution in [-0.2, 0) is 25.0 Å². The van der Waals surface area contributed by atoms with Crippen molar-refractivity contribution in [3.63, 3.8) is 0 Å². The third-order valence-corrected chi connectivity index (χ3v) is 9.82. The molecule has 214 valence electrons. The van der Waals surface area contributed by atoms with Gasteiger partial charge in [0.25, 0.3) is 5.34 Å². The van der Waals surface area contributed by atoms with Crippen LogP contribution in [0.4, 0.5) is 0 Å². The van der Waals surface area contributed by atoms with Gasteiger partial charge in [0.05, 0.1) is 6.61 Å². The SMILES string of the molecule is CCCCCCCCCCOC(CSCCCCCCCc1ccccc1)(C(=O)O)P(=O)(O)OCCC. The molecule has 0 fully saturated rings. The lowest BCUT2D eigenvalue weighted by atomic mass is 10.1. The van der Waals surface area contributed by atoms with Crippen LogP contribution in [0.5, 0.6) is 0 Å². The quantitative estimate of drug-likeness (QED) is 0.0918. The normalized spacial score (nSPS) is 14.8. The predicted molar refractivity (Wildman–Crippen MR) is 156 cm³/mol. The van der Waals surface area contributed by atoms with E-state index >= 15 is 0 Å². The van der Waals surface area contributed by atoms with E-state index in [1.807, 2.05) is 13.0 Å². The minimum atomic E-state index is -4.52. The van der Waals surface area contributed by atoms with Crippen LogP contribution >= 0.6 is 19.4 Å². The van der Waals surface area contributed by atoms with Crippen LogP contribution in [0.15, 0.2) is 30.3 Å². The molecule has 0 spiro atoms. The fraction of sp³-hybridized carbons (Fsp3) is 0.759. The lowest BCUT2D eigenvalue weighted by molar-refractivity contribution is -0.155. The maximum absolute atomic E-state index is 13.1. The van der Waals surface area contributed by atoms with Crippen molar-refractivity contribution in [1.82, 2.24) is 0 Å². The summed E-state index contributed by atoms with van der Waals surface area (Å²) in [7, 11) is -4.52. The molecule has 37 heavy (non-hydrogen) atoms. The standard InChI is InChI=1S/C29H51O6PS/c1-3-5-6-7-8-9-12-18-24-34-29(28(30)31,36(32,33)35-23-4-2)26-37-25-19-13-10-11-15-20-27-21-16-14-17-22-27/h14,16-17,21-22H,3-13,15,18-20,23-26H2,1-2H3,(H,30,31)(H,32,33). The van der Waals surface area contributed by atoms with Crippen LogP contribution in [0.3, 0.4) is 0 Å². The highest BCUT2D eigenvalue weighted by molar-refractivity contribution is 7.99. The summed E-state index contributed by atoms with van der Waals surface area (Å²) in [6.07, 6.45) is 15.8. The van der Waals surface area contributed by atoms with Crippen LogP contribution in [0.2, 0.25) is 0 Å². The van der Waals surface area contributed by atoms with Gasteiger partial charge in [-0.25, -0.2) is 4.79 Å². The van der Waals surface area contributed by atoms with Crippen LogP contribution in [-0.4, -0.2) is 46.0 Å². The molecular weight excluding hydrogens is 507 g/mol. The number of aryl methyl sites for hydroxylation is 1. The molecule has 2 unspecified atom stereocenters. The zero-order valence-corrected chi connectivity index (χ0v) is 24.9. The zero-order chi connectivity index (χ0) is 27.2. The number of carbonyl (C=O) groups is 1. The van der Waals surface area contributed by atoms with Crippen molar-refractivity contribution in [2.24, 2.45) is 0 Å². The number of thioether (sulfide) groups is 1. The second kappa shape index (κ2) is 21.0. The van der Waals surface area contributed by atoms with Gasteiger partial charge in [-0.05, 0) is 43.4 Å². The molecule has 0 aliphatic heterocycles. The molecule has 1 rings (SSSR count). The molecule has 0 bridgehead atoms. The molecule has 1 aromatic carbocycles. The van der Waals surface area contributed by atoms with E-state index in [0.29, 0.717) is 12.8 Å². The molecule has 1 aromatic rings. The molecule has 0 saturated carbocycles. The smallest absolute Gasteiger partial charge is 0.372 e. The molecule has 2 atom stereocenters. The summed E-state index contributed by atoms with van der Waals surface area (Å²) in [6, 6.07) is 10.5. The van der Waals surface area contributed by atoms with Gasteiger partial charge in [0.2, 0.25) is 0 Å². The zero-order valence-electron chi connectivity index (χ0n) is 23.2. The minimum Gasteiger partial charge on any atom is -0.479 e. The Hall–Kier alpha value is -0.850. The summed E-state index contributed by atoms with van der Waals surface area (Å²) in [4.78, 5) is 23.0. The average molecular weight is 559 g/mol. The Balaban J connectivity index is 2.44. The molecule has 8 heteroatoms. The van der Waals surface area contributed by atoms with Crippen molar-refractivity contribution < 1.29 is 28.6 Å². The second-order valence-corrected chi connectivity index (χ2v) is 12.9. The highest BCUT2D eigenvalue weighted by atomic mass is 32.2. The van der Waals surface area contributed by atoms with E-state index < -0.39 is 18.9 Å². The van der Waals surface area contributed by atoms with Gasteiger partial charge in [-0.2, -0.15) is 11.8 Å². The fourth-order valence-corrected chi connectivity index (χ4v) is 7.26. The van der Waals surface area contributed by atoms with Crippen LogP contribution in [0.25, 0.3) is 0 Å². The van der Waals surface area contributed by atoms with Gasteiger partial charge < -0.3 is 19.3 Å². The first-order valence-electron chi connectivity index (χ1n) is 14.4. The molecule has 0 aliphatic carbocycles. The van der Waals surface area contributed by atoms with Crippen LogP contribution in [0, 0.1) is 0 Å². The van der Waals surface area contributed by atoms with E-state index in [-0.39, 0.29) is 19.0 Å². The number of hydrogen-bond donors (Lipinski definition) is 2. The number of hydrogen-bond acceptors (Lipinski definition) is 5. The maximum Gasteiger partial charge on any atom is 0.372 e. The summed E-state index contributed by atoms with van der Waals surface area (Å²) in [5, 5.41) is 7.81. The Bertz CT molecular complexity index is 747. The van der Waals surface area contributed by atoms with Crippen LogP contribution < -0.4 is 0 Å². The first-order valence-corrected chi connectivity index (χ1v) is 17.1. The molecule has 0 radical (unpaired) electrons. The molecule has 0 saturated heterocycles. The van der Waals surface area contributed by atoms with Gasteiger partial charge in [-0.1, -0.05) is 108 Å². The third kappa shape index (κ3) is 14.2. The Labute approximate surface area is 229 Å². The Morgan fingerprint density at radius 2 is 1.43 bits per heavy atom. The van der Waals surface area contributed by atoms with E-state index in [1.54, 1.807) is 0 Å². The van der Waals surface area contributed by atoms with E-state index in [4.69, 9.17) is 9.26 Å². The van der Waals surface area contributed by atoms with Crippen molar-refractivity contribution in [3.05, 3.63) is 35.9 Å². The van der Waals surface area contributed by atoms with Crippen molar-refractivity contribution in [2.75, 3.05) is 24.7 Å². The Morgan fingerprint density at radius 3 is 2.05 bits per heavy atom. The van der Waals surface area contributed by atoms with E-state index in [2.05, 4.69) is 31.2 Å². The third-order valence-electron chi connectivity index (χ3n) is 6.49. The summed E-state index contributed by atoms with van der Waals surface area (Å²) in [6.45, 7) is 4.18. The van der Waals surface area contributed by atoms with E-state index in [9.17, 15) is 19.4 Å². The summed E-state index contributed by atoms with van der Waals surface area (Å²) < 4.78 is 24.0. The van der Waals surface area contributed by atoms with Gasteiger partial charge in [0.1, 0.15) is 0 Å². The summed E-state index contributed by atoms with van der Waals surface area (Å²) in [5.74, 6) is -0.782. The van der Waals surface area contributed by atoms with Gasteiger partial charge >= 0.3 is 13.6 Å². The highest BCUT2D eigenvalue weighted by Crippen LogP contribution is 2.57. The minimum absolute atomic E-state index is 0.0254. The molecule has 0 heterocycles. The number of carboxylic acids is 1. The molecule has 0 amide bonds. The van der Waals surface area contributed by atoms with E-state index in [1.165, 1.54) is 43.0 Å². The molecule has 0 aliphatic rings. The van der Waals surface area contributed by atoms with Crippen LogP contribution in [0.1, 0.15) is 109 Å². The van der Waals surface area contributed by atoms with Crippen molar-refractivity contribution in [3.8, 4) is 0 Å².